The van der Waals surface area contributed by atoms with Crippen molar-refractivity contribution in [3.8, 4) is 0 Å². The maximum Gasteiger partial charge on any atom is 0.306 e. The van der Waals surface area contributed by atoms with Gasteiger partial charge in [-0.05, 0) is 30.8 Å². The number of pyridine rings is 1. The molecule has 0 saturated carbocycles. The lowest BCUT2D eigenvalue weighted by molar-refractivity contribution is -0.140. The molecule has 0 aliphatic rings. The van der Waals surface area contributed by atoms with Gasteiger partial charge in [-0.3, -0.25) is 9.78 Å². The lowest BCUT2D eigenvalue weighted by Gasteiger charge is -2.17. The van der Waals surface area contributed by atoms with E-state index in [9.17, 15) is 9.18 Å². The van der Waals surface area contributed by atoms with E-state index in [1.165, 1.54) is 19.2 Å². The maximum absolute atomic E-state index is 13.6. The molecule has 1 aromatic carbocycles. The second kappa shape index (κ2) is 6.43. The summed E-state index contributed by atoms with van der Waals surface area (Å²) < 4.78 is 18.2. The van der Waals surface area contributed by atoms with E-state index in [0.717, 1.165) is 16.5 Å². The smallest absolute Gasteiger partial charge is 0.306 e. The van der Waals surface area contributed by atoms with Gasteiger partial charge in [-0.1, -0.05) is 6.07 Å². The van der Waals surface area contributed by atoms with Crippen molar-refractivity contribution in [1.29, 1.82) is 0 Å². The average molecular weight is 276 g/mol. The molecule has 0 unspecified atom stereocenters. The number of rotatable bonds is 5. The second-order valence-electron chi connectivity index (χ2n) is 4.70. The van der Waals surface area contributed by atoms with Crippen molar-refractivity contribution in [2.24, 2.45) is 0 Å². The van der Waals surface area contributed by atoms with Crippen LogP contribution < -0.4 is 0 Å². The number of halogens is 1. The van der Waals surface area contributed by atoms with Crippen LogP contribution in [-0.2, 0) is 16.1 Å². The Balaban J connectivity index is 2.14. The van der Waals surface area contributed by atoms with Gasteiger partial charge in [-0.25, -0.2) is 4.39 Å². The number of benzene rings is 1. The van der Waals surface area contributed by atoms with Gasteiger partial charge < -0.3 is 9.64 Å². The highest BCUT2D eigenvalue weighted by Gasteiger charge is 2.09. The quantitative estimate of drug-likeness (QED) is 0.786. The Kier molecular flexibility index (Phi) is 4.63. The number of hydrogen-bond acceptors (Lipinski definition) is 4. The summed E-state index contributed by atoms with van der Waals surface area (Å²) >= 11 is 0. The van der Waals surface area contributed by atoms with Crippen LogP contribution in [0.5, 0.6) is 0 Å². The molecule has 0 fully saturated rings. The van der Waals surface area contributed by atoms with Gasteiger partial charge in [0.1, 0.15) is 5.82 Å². The molecule has 4 nitrogen and oxygen atoms in total. The first kappa shape index (κ1) is 14.4. The van der Waals surface area contributed by atoms with Crippen molar-refractivity contribution in [2.75, 3.05) is 20.7 Å². The fourth-order valence-electron chi connectivity index (χ4n) is 2.10. The van der Waals surface area contributed by atoms with Crippen LogP contribution >= 0.6 is 0 Å². The number of fused-ring (bicyclic) bond motifs is 1. The molecule has 0 spiro atoms. The fourth-order valence-corrected chi connectivity index (χ4v) is 2.10. The molecule has 0 aliphatic carbocycles. The maximum atomic E-state index is 13.6. The number of esters is 1. The van der Waals surface area contributed by atoms with Crippen molar-refractivity contribution in [2.45, 2.75) is 13.0 Å². The van der Waals surface area contributed by atoms with Crippen LogP contribution in [0, 0.1) is 5.82 Å². The first-order valence-corrected chi connectivity index (χ1v) is 6.38. The van der Waals surface area contributed by atoms with Crippen molar-refractivity contribution >= 4 is 16.9 Å². The molecule has 0 radical (unpaired) electrons. The predicted octanol–water partition coefficient (Wildman–Crippen LogP) is 2.37. The van der Waals surface area contributed by atoms with Crippen LogP contribution in [0.3, 0.4) is 0 Å². The molecule has 106 valence electrons. The van der Waals surface area contributed by atoms with E-state index in [1.807, 2.05) is 18.0 Å². The average Bonchev–Trinajstić information content (AvgIpc) is 2.44. The standard InChI is InChI=1S/C15H17FN2O2/c1-18(7-5-14(19)20-2)10-12-9-13(16)8-11-4-3-6-17-15(11)12/h3-4,6,8-9H,5,7,10H2,1-2H3. The number of carbonyl (C=O) groups excluding carboxylic acids is 1. The molecular formula is C15H17FN2O2. The van der Waals surface area contributed by atoms with E-state index in [1.54, 1.807) is 12.3 Å². The molecule has 0 aliphatic heterocycles. The molecule has 0 atom stereocenters. The zero-order valence-corrected chi connectivity index (χ0v) is 11.6. The van der Waals surface area contributed by atoms with Crippen molar-refractivity contribution in [3.63, 3.8) is 0 Å². The van der Waals surface area contributed by atoms with Crippen LogP contribution in [-0.4, -0.2) is 36.6 Å². The lowest BCUT2D eigenvalue weighted by Crippen LogP contribution is -2.22. The third-order valence-electron chi connectivity index (χ3n) is 3.11. The first-order chi connectivity index (χ1) is 9.60. The number of ether oxygens (including phenoxy) is 1. The Morgan fingerprint density at radius 3 is 3.00 bits per heavy atom. The fraction of sp³-hybridized carbons (Fsp3) is 0.333. The van der Waals surface area contributed by atoms with Gasteiger partial charge in [0.25, 0.3) is 0 Å². The Morgan fingerprint density at radius 2 is 2.25 bits per heavy atom. The minimum absolute atomic E-state index is 0.251. The van der Waals surface area contributed by atoms with E-state index in [2.05, 4.69) is 9.72 Å². The third kappa shape index (κ3) is 3.51. The van der Waals surface area contributed by atoms with Crippen molar-refractivity contribution < 1.29 is 13.9 Å². The van der Waals surface area contributed by atoms with Crippen molar-refractivity contribution in [1.82, 2.24) is 9.88 Å². The van der Waals surface area contributed by atoms with Gasteiger partial charge in [-0.15, -0.1) is 0 Å². The van der Waals surface area contributed by atoms with Gasteiger partial charge in [0.2, 0.25) is 0 Å². The Morgan fingerprint density at radius 1 is 1.45 bits per heavy atom. The van der Waals surface area contributed by atoms with Crippen LogP contribution in [0.15, 0.2) is 30.5 Å². The van der Waals surface area contributed by atoms with Gasteiger partial charge in [0.05, 0.1) is 19.0 Å². The molecular weight excluding hydrogens is 259 g/mol. The summed E-state index contributed by atoms with van der Waals surface area (Å²) in [5.41, 5.74) is 1.60. The molecule has 2 rings (SSSR count). The van der Waals surface area contributed by atoms with Gasteiger partial charge in [0, 0.05) is 24.7 Å². The monoisotopic (exact) mass is 276 g/mol. The molecule has 1 aromatic heterocycles. The summed E-state index contributed by atoms with van der Waals surface area (Å²) in [6.07, 6.45) is 2.01. The minimum atomic E-state index is -0.276. The molecule has 0 N–H and O–H groups in total. The van der Waals surface area contributed by atoms with Gasteiger partial charge in [-0.2, -0.15) is 0 Å². The number of methoxy groups -OCH3 is 1. The number of carbonyl (C=O) groups is 1. The Bertz CT molecular complexity index is 616. The SMILES string of the molecule is COC(=O)CCN(C)Cc1cc(F)cc2cccnc12. The highest BCUT2D eigenvalue weighted by atomic mass is 19.1. The highest BCUT2D eigenvalue weighted by Crippen LogP contribution is 2.19. The largest absolute Gasteiger partial charge is 0.469 e. The molecule has 5 heteroatoms. The summed E-state index contributed by atoms with van der Waals surface area (Å²) in [6.45, 7) is 1.08. The topological polar surface area (TPSA) is 42.4 Å². The predicted molar refractivity (Wildman–Crippen MR) is 74.7 cm³/mol. The number of aromatic nitrogens is 1. The second-order valence-corrected chi connectivity index (χ2v) is 4.70. The Labute approximate surface area is 117 Å². The summed E-state index contributed by atoms with van der Waals surface area (Å²) in [5, 5.41) is 0.781. The molecule has 0 bridgehead atoms. The molecule has 1 heterocycles. The highest BCUT2D eigenvalue weighted by molar-refractivity contribution is 5.81. The minimum Gasteiger partial charge on any atom is -0.469 e. The van der Waals surface area contributed by atoms with Crippen LogP contribution in [0.25, 0.3) is 10.9 Å². The van der Waals surface area contributed by atoms with E-state index < -0.39 is 0 Å². The molecule has 0 saturated heterocycles. The summed E-state index contributed by atoms with van der Waals surface area (Å²) in [4.78, 5) is 17.4. The van der Waals surface area contributed by atoms with E-state index in [-0.39, 0.29) is 11.8 Å². The zero-order valence-electron chi connectivity index (χ0n) is 11.6. The lowest BCUT2D eigenvalue weighted by atomic mass is 10.1. The van der Waals surface area contributed by atoms with Crippen molar-refractivity contribution in [3.05, 3.63) is 41.8 Å². The summed E-state index contributed by atoms with van der Waals surface area (Å²) in [7, 11) is 3.24. The van der Waals surface area contributed by atoms with E-state index in [4.69, 9.17) is 0 Å². The van der Waals surface area contributed by atoms with Crippen LogP contribution in [0.1, 0.15) is 12.0 Å². The Hall–Kier alpha value is -2.01. The number of nitrogens with zero attached hydrogens (tertiary/aromatic N) is 2. The van der Waals surface area contributed by atoms with Crippen LogP contribution in [0.2, 0.25) is 0 Å². The first-order valence-electron chi connectivity index (χ1n) is 6.38. The van der Waals surface area contributed by atoms with E-state index >= 15 is 0 Å². The summed E-state index contributed by atoms with van der Waals surface area (Å²) in [5.74, 6) is -0.527. The van der Waals surface area contributed by atoms with Gasteiger partial charge >= 0.3 is 5.97 Å². The van der Waals surface area contributed by atoms with Gasteiger partial charge in [0.15, 0.2) is 0 Å². The zero-order chi connectivity index (χ0) is 14.5. The number of hydrogen-bond donors (Lipinski definition) is 0. The summed E-state index contributed by atoms with van der Waals surface area (Å²) in [6, 6.07) is 6.58. The molecule has 2 aromatic rings. The van der Waals surface area contributed by atoms with E-state index in [0.29, 0.717) is 19.5 Å². The normalized spacial score (nSPS) is 11.0. The third-order valence-corrected chi connectivity index (χ3v) is 3.11. The van der Waals surface area contributed by atoms with Crippen LogP contribution in [0.4, 0.5) is 4.39 Å². The molecule has 0 amide bonds. The molecule has 20 heavy (non-hydrogen) atoms.